The van der Waals surface area contributed by atoms with Gasteiger partial charge in [0.2, 0.25) is 0 Å². The van der Waals surface area contributed by atoms with Crippen molar-refractivity contribution in [2.24, 2.45) is 5.92 Å². The zero-order valence-corrected chi connectivity index (χ0v) is 11.8. The second-order valence-corrected chi connectivity index (χ2v) is 5.01. The zero-order valence-electron chi connectivity index (χ0n) is 11.8. The normalized spacial score (nSPS) is 10.7. The molecule has 0 amide bonds. The third-order valence-corrected chi connectivity index (χ3v) is 2.73. The van der Waals surface area contributed by atoms with Crippen molar-refractivity contribution in [2.45, 2.75) is 33.7 Å². The molecule has 0 unspecified atom stereocenters. The summed E-state index contributed by atoms with van der Waals surface area (Å²) < 4.78 is 5.85. The predicted octanol–water partition coefficient (Wildman–Crippen LogP) is 3.70. The van der Waals surface area contributed by atoms with Crippen LogP contribution in [-0.2, 0) is 6.54 Å². The number of aryl methyl sites for hydroxylation is 1. The number of benzene rings is 1. The zero-order chi connectivity index (χ0) is 13.4. The van der Waals surface area contributed by atoms with Crippen LogP contribution < -0.4 is 10.1 Å². The van der Waals surface area contributed by atoms with E-state index in [9.17, 15) is 0 Å². The minimum Gasteiger partial charge on any atom is -0.493 e. The summed E-state index contributed by atoms with van der Waals surface area (Å²) >= 11 is 0. The molecule has 0 heterocycles. The SMILES string of the molecule is C=CCCOc1c(C)cccc1CNCC(C)C. The van der Waals surface area contributed by atoms with Crippen LogP contribution in [-0.4, -0.2) is 13.2 Å². The monoisotopic (exact) mass is 247 g/mol. The first-order chi connectivity index (χ1) is 8.65. The van der Waals surface area contributed by atoms with Crippen molar-refractivity contribution >= 4 is 0 Å². The maximum absolute atomic E-state index is 5.85. The highest BCUT2D eigenvalue weighted by Gasteiger charge is 2.06. The van der Waals surface area contributed by atoms with E-state index in [0.717, 1.165) is 25.3 Å². The molecule has 0 fully saturated rings. The van der Waals surface area contributed by atoms with Gasteiger partial charge in [-0.05, 0) is 31.4 Å². The first-order valence-corrected chi connectivity index (χ1v) is 6.68. The summed E-state index contributed by atoms with van der Waals surface area (Å²) in [4.78, 5) is 0. The van der Waals surface area contributed by atoms with Crippen molar-refractivity contribution < 1.29 is 4.74 Å². The molecule has 18 heavy (non-hydrogen) atoms. The van der Waals surface area contributed by atoms with Gasteiger partial charge in [-0.1, -0.05) is 38.1 Å². The lowest BCUT2D eigenvalue weighted by atomic mass is 10.1. The average Bonchev–Trinajstić information content (AvgIpc) is 2.32. The number of hydrogen-bond acceptors (Lipinski definition) is 2. The molecule has 1 aromatic carbocycles. The fraction of sp³-hybridized carbons (Fsp3) is 0.500. The summed E-state index contributed by atoms with van der Waals surface area (Å²) in [5.74, 6) is 1.69. The van der Waals surface area contributed by atoms with Crippen LogP contribution in [0.25, 0.3) is 0 Å². The molecule has 2 heteroatoms. The van der Waals surface area contributed by atoms with E-state index in [1.54, 1.807) is 0 Å². The molecule has 2 nitrogen and oxygen atoms in total. The van der Waals surface area contributed by atoms with Gasteiger partial charge in [0.15, 0.2) is 0 Å². The standard InChI is InChI=1S/C16H25NO/c1-5-6-10-18-16-14(4)8-7-9-15(16)12-17-11-13(2)3/h5,7-9,13,17H,1,6,10-12H2,2-4H3. The van der Waals surface area contributed by atoms with E-state index in [1.165, 1.54) is 11.1 Å². The maximum Gasteiger partial charge on any atom is 0.126 e. The maximum atomic E-state index is 5.85. The second-order valence-electron chi connectivity index (χ2n) is 5.01. The van der Waals surface area contributed by atoms with Crippen LogP contribution in [0.4, 0.5) is 0 Å². The quantitative estimate of drug-likeness (QED) is 0.558. The topological polar surface area (TPSA) is 21.3 Å². The van der Waals surface area contributed by atoms with Crippen LogP contribution in [0, 0.1) is 12.8 Å². The van der Waals surface area contributed by atoms with Gasteiger partial charge in [0, 0.05) is 12.1 Å². The molecular formula is C16H25NO. The smallest absolute Gasteiger partial charge is 0.126 e. The highest BCUT2D eigenvalue weighted by atomic mass is 16.5. The highest BCUT2D eigenvalue weighted by Crippen LogP contribution is 2.23. The lowest BCUT2D eigenvalue weighted by molar-refractivity contribution is 0.318. The van der Waals surface area contributed by atoms with Crippen molar-refractivity contribution in [3.8, 4) is 5.75 Å². The van der Waals surface area contributed by atoms with E-state index < -0.39 is 0 Å². The molecule has 0 bridgehead atoms. The average molecular weight is 247 g/mol. The number of rotatable bonds is 8. The van der Waals surface area contributed by atoms with Crippen molar-refractivity contribution in [3.63, 3.8) is 0 Å². The molecule has 0 aromatic heterocycles. The summed E-state index contributed by atoms with van der Waals surface area (Å²) in [6.45, 7) is 12.8. The molecule has 0 saturated heterocycles. The largest absolute Gasteiger partial charge is 0.493 e. The third kappa shape index (κ3) is 4.92. The molecular weight excluding hydrogens is 222 g/mol. The molecule has 1 rings (SSSR count). The molecule has 0 atom stereocenters. The molecule has 0 aliphatic rings. The van der Waals surface area contributed by atoms with Gasteiger partial charge in [-0.2, -0.15) is 0 Å². The Kier molecular flexibility index (Phi) is 6.51. The van der Waals surface area contributed by atoms with Crippen LogP contribution in [0.15, 0.2) is 30.9 Å². The summed E-state index contributed by atoms with van der Waals surface area (Å²) in [7, 11) is 0. The van der Waals surface area contributed by atoms with Crippen molar-refractivity contribution in [1.82, 2.24) is 5.32 Å². The van der Waals surface area contributed by atoms with E-state index in [1.807, 2.05) is 6.08 Å². The van der Waals surface area contributed by atoms with Crippen LogP contribution in [0.3, 0.4) is 0 Å². The van der Waals surface area contributed by atoms with Gasteiger partial charge in [0.25, 0.3) is 0 Å². The molecule has 0 saturated carbocycles. The van der Waals surface area contributed by atoms with Gasteiger partial charge in [0.1, 0.15) is 5.75 Å². The van der Waals surface area contributed by atoms with E-state index in [0.29, 0.717) is 12.5 Å². The summed E-state index contributed by atoms with van der Waals surface area (Å²) in [5, 5.41) is 3.46. The third-order valence-electron chi connectivity index (χ3n) is 2.73. The lowest BCUT2D eigenvalue weighted by Gasteiger charge is -2.15. The van der Waals surface area contributed by atoms with Crippen LogP contribution >= 0.6 is 0 Å². The Morgan fingerprint density at radius 1 is 1.39 bits per heavy atom. The van der Waals surface area contributed by atoms with Crippen molar-refractivity contribution in [1.29, 1.82) is 0 Å². The molecule has 0 aliphatic heterocycles. The van der Waals surface area contributed by atoms with Crippen molar-refractivity contribution in [3.05, 3.63) is 42.0 Å². The molecule has 1 N–H and O–H groups in total. The Labute approximate surface area is 111 Å². The van der Waals surface area contributed by atoms with Gasteiger partial charge in [-0.3, -0.25) is 0 Å². The van der Waals surface area contributed by atoms with Gasteiger partial charge in [0.05, 0.1) is 6.61 Å². The molecule has 0 aliphatic carbocycles. The molecule has 100 valence electrons. The molecule has 0 radical (unpaired) electrons. The minimum absolute atomic E-state index is 0.667. The summed E-state index contributed by atoms with van der Waals surface area (Å²) in [6.07, 6.45) is 2.77. The van der Waals surface area contributed by atoms with Crippen molar-refractivity contribution in [2.75, 3.05) is 13.2 Å². The van der Waals surface area contributed by atoms with E-state index in [2.05, 4.69) is 50.9 Å². The highest BCUT2D eigenvalue weighted by molar-refractivity contribution is 5.40. The van der Waals surface area contributed by atoms with E-state index >= 15 is 0 Å². The number of nitrogens with one attached hydrogen (secondary N) is 1. The number of ether oxygens (including phenoxy) is 1. The van der Waals surface area contributed by atoms with E-state index in [4.69, 9.17) is 4.74 Å². The van der Waals surface area contributed by atoms with Gasteiger partial charge in [-0.25, -0.2) is 0 Å². The predicted molar refractivity (Wildman–Crippen MR) is 78.0 cm³/mol. The Morgan fingerprint density at radius 2 is 2.17 bits per heavy atom. The number of para-hydroxylation sites is 1. The van der Waals surface area contributed by atoms with Crippen LogP contribution in [0.5, 0.6) is 5.75 Å². The molecule has 1 aromatic rings. The second kappa shape index (κ2) is 7.93. The Morgan fingerprint density at radius 3 is 2.83 bits per heavy atom. The fourth-order valence-corrected chi connectivity index (χ4v) is 1.80. The first-order valence-electron chi connectivity index (χ1n) is 6.68. The van der Waals surface area contributed by atoms with Gasteiger partial charge < -0.3 is 10.1 Å². The van der Waals surface area contributed by atoms with Crippen LogP contribution in [0.2, 0.25) is 0 Å². The number of hydrogen-bond donors (Lipinski definition) is 1. The van der Waals surface area contributed by atoms with Crippen LogP contribution in [0.1, 0.15) is 31.4 Å². The van der Waals surface area contributed by atoms with Gasteiger partial charge >= 0.3 is 0 Å². The van der Waals surface area contributed by atoms with Gasteiger partial charge in [-0.15, -0.1) is 6.58 Å². The lowest BCUT2D eigenvalue weighted by Crippen LogP contribution is -2.19. The van der Waals surface area contributed by atoms with E-state index in [-0.39, 0.29) is 0 Å². The fourth-order valence-electron chi connectivity index (χ4n) is 1.80. The summed E-state index contributed by atoms with van der Waals surface area (Å²) in [5.41, 5.74) is 2.43. The minimum atomic E-state index is 0.667. The Hall–Kier alpha value is -1.28. The first kappa shape index (κ1) is 14.8. The Balaban J connectivity index is 2.64. The molecule has 0 spiro atoms. The summed E-state index contributed by atoms with van der Waals surface area (Å²) in [6, 6.07) is 6.31. The Bertz CT molecular complexity index is 371.